The second kappa shape index (κ2) is 9.83. The standard InChI is InChI=1S/C32H31ClN2O4/c1-19(21-6-8-22(9-7-21)23-4-3-5-25(13-23)39-2)35-30-26(10-11-28(33)27(30)18-34-35)29(36)12-20-14-32(15-20)16-24(17-32)31(37)38/h3-11,13,18-20,24H,12,14-17H2,1-2H3,(H,37,38). The van der Waals surface area contributed by atoms with Gasteiger partial charge >= 0.3 is 5.97 Å². The van der Waals surface area contributed by atoms with Crippen molar-refractivity contribution in [2.45, 2.75) is 45.1 Å². The molecule has 1 spiro atoms. The van der Waals surface area contributed by atoms with Gasteiger partial charge in [-0.3, -0.25) is 14.3 Å². The third-order valence-corrected chi connectivity index (χ3v) is 9.12. The maximum Gasteiger partial charge on any atom is 0.306 e. The van der Waals surface area contributed by atoms with E-state index in [2.05, 4.69) is 42.4 Å². The smallest absolute Gasteiger partial charge is 0.306 e. The van der Waals surface area contributed by atoms with E-state index in [0.29, 0.717) is 22.9 Å². The van der Waals surface area contributed by atoms with Gasteiger partial charge in [-0.25, -0.2) is 0 Å². The van der Waals surface area contributed by atoms with Crippen LogP contribution in [0.15, 0.2) is 66.9 Å². The van der Waals surface area contributed by atoms with Crippen LogP contribution in [0.4, 0.5) is 0 Å². The number of Topliss-reactive ketones (excluding diaryl/α,β-unsaturated/α-hetero) is 1. The number of benzene rings is 3. The molecule has 2 aliphatic carbocycles. The van der Waals surface area contributed by atoms with Crippen LogP contribution in [0.1, 0.15) is 61.0 Å². The van der Waals surface area contributed by atoms with Gasteiger partial charge in [-0.1, -0.05) is 48.0 Å². The molecule has 7 heteroatoms. The summed E-state index contributed by atoms with van der Waals surface area (Å²) in [5.41, 5.74) is 4.80. The predicted molar refractivity (Wildman–Crippen MR) is 151 cm³/mol. The molecule has 0 amide bonds. The van der Waals surface area contributed by atoms with Gasteiger partial charge in [0.1, 0.15) is 5.75 Å². The number of nitrogens with zero attached hydrogens (tertiary/aromatic N) is 2. The molecule has 200 valence electrons. The summed E-state index contributed by atoms with van der Waals surface area (Å²) in [5.74, 6) is 0.305. The second-order valence-electron chi connectivity index (χ2n) is 11.3. The fraction of sp³-hybridized carbons (Fsp3) is 0.344. The molecule has 3 aromatic carbocycles. The Kier molecular flexibility index (Phi) is 6.46. The van der Waals surface area contributed by atoms with E-state index in [0.717, 1.165) is 59.0 Å². The molecule has 39 heavy (non-hydrogen) atoms. The molecule has 1 unspecified atom stereocenters. The van der Waals surface area contributed by atoms with Crippen molar-refractivity contribution >= 4 is 34.3 Å². The summed E-state index contributed by atoms with van der Waals surface area (Å²) in [4.78, 5) is 24.7. The summed E-state index contributed by atoms with van der Waals surface area (Å²) >= 11 is 6.54. The van der Waals surface area contributed by atoms with Crippen LogP contribution in [0.3, 0.4) is 0 Å². The van der Waals surface area contributed by atoms with Gasteiger partial charge in [0.15, 0.2) is 5.78 Å². The highest BCUT2D eigenvalue weighted by molar-refractivity contribution is 6.36. The number of halogens is 1. The first-order chi connectivity index (χ1) is 18.8. The molecule has 2 saturated carbocycles. The molecular weight excluding hydrogens is 512 g/mol. The molecular formula is C32H31ClN2O4. The number of hydrogen-bond acceptors (Lipinski definition) is 4. The molecule has 1 aromatic heterocycles. The number of aromatic nitrogens is 2. The average molecular weight is 543 g/mol. The number of carboxylic acid groups (broad SMARTS) is 1. The van der Waals surface area contributed by atoms with Crippen molar-refractivity contribution in [2.24, 2.45) is 17.3 Å². The number of carboxylic acids is 1. The zero-order valence-electron chi connectivity index (χ0n) is 22.1. The first-order valence-electron chi connectivity index (χ1n) is 13.4. The van der Waals surface area contributed by atoms with Gasteiger partial charge in [-0.15, -0.1) is 0 Å². The number of aliphatic carboxylic acids is 1. The lowest BCUT2D eigenvalue weighted by atomic mass is 9.47. The van der Waals surface area contributed by atoms with Gasteiger partial charge in [0.05, 0.1) is 35.8 Å². The van der Waals surface area contributed by atoms with E-state index in [1.54, 1.807) is 19.4 Å². The van der Waals surface area contributed by atoms with E-state index in [9.17, 15) is 14.7 Å². The maximum absolute atomic E-state index is 13.5. The number of rotatable bonds is 8. The second-order valence-corrected chi connectivity index (χ2v) is 11.7. The zero-order chi connectivity index (χ0) is 27.3. The molecule has 1 atom stereocenters. The average Bonchev–Trinajstić information content (AvgIpc) is 3.35. The molecule has 0 radical (unpaired) electrons. The van der Waals surface area contributed by atoms with Crippen molar-refractivity contribution < 1.29 is 19.4 Å². The fourth-order valence-corrected chi connectivity index (χ4v) is 6.92. The van der Waals surface area contributed by atoms with Gasteiger partial charge < -0.3 is 9.84 Å². The highest BCUT2D eigenvalue weighted by Gasteiger charge is 2.54. The molecule has 0 aliphatic heterocycles. The minimum atomic E-state index is -0.693. The SMILES string of the molecule is COc1cccc(-c2ccc(C(C)n3ncc4c(Cl)ccc(C(=O)CC5CC6(C5)CC(C(=O)O)C6)c43)cc2)c1. The number of methoxy groups -OCH3 is 1. The highest BCUT2D eigenvalue weighted by atomic mass is 35.5. The summed E-state index contributed by atoms with van der Waals surface area (Å²) in [6.07, 6.45) is 5.58. The Morgan fingerprint density at radius 3 is 2.51 bits per heavy atom. The molecule has 2 fully saturated rings. The van der Waals surface area contributed by atoms with Crippen molar-refractivity contribution in [1.82, 2.24) is 9.78 Å². The largest absolute Gasteiger partial charge is 0.497 e. The van der Waals surface area contributed by atoms with E-state index >= 15 is 0 Å². The normalized spacial score (nSPS) is 22.7. The predicted octanol–water partition coefficient (Wildman–Crippen LogP) is 7.44. The molecule has 1 N–H and O–H groups in total. The number of fused-ring (bicyclic) bond motifs is 1. The van der Waals surface area contributed by atoms with Crippen molar-refractivity contribution in [1.29, 1.82) is 0 Å². The zero-order valence-corrected chi connectivity index (χ0v) is 22.8. The molecule has 2 aliphatic rings. The summed E-state index contributed by atoms with van der Waals surface area (Å²) in [7, 11) is 1.66. The molecule has 1 heterocycles. The minimum Gasteiger partial charge on any atom is -0.497 e. The van der Waals surface area contributed by atoms with Crippen molar-refractivity contribution in [3.05, 3.63) is 83.0 Å². The summed E-state index contributed by atoms with van der Waals surface area (Å²) in [6.45, 7) is 2.08. The lowest BCUT2D eigenvalue weighted by molar-refractivity contribution is -0.157. The van der Waals surface area contributed by atoms with Crippen LogP contribution in [0.25, 0.3) is 22.0 Å². The summed E-state index contributed by atoms with van der Waals surface area (Å²) in [5, 5.41) is 15.2. The monoisotopic (exact) mass is 542 g/mol. The number of hydrogen-bond donors (Lipinski definition) is 1. The first kappa shape index (κ1) is 25.6. The van der Waals surface area contributed by atoms with Gasteiger partial charge in [-0.2, -0.15) is 5.10 Å². The van der Waals surface area contributed by atoms with E-state index in [4.69, 9.17) is 16.3 Å². The number of ether oxygens (including phenoxy) is 1. The Balaban J connectivity index is 1.22. The molecule has 6 nitrogen and oxygen atoms in total. The fourth-order valence-electron chi connectivity index (χ4n) is 6.72. The van der Waals surface area contributed by atoms with Crippen LogP contribution in [0, 0.1) is 17.3 Å². The van der Waals surface area contributed by atoms with Crippen LogP contribution in [0.2, 0.25) is 5.02 Å². The Bertz CT molecular complexity index is 1560. The number of carbonyl (C=O) groups is 2. The molecule has 0 bridgehead atoms. The summed E-state index contributed by atoms with van der Waals surface area (Å²) in [6, 6.07) is 19.8. The molecule has 6 rings (SSSR count). The van der Waals surface area contributed by atoms with Gasteiger partial charge in [0.25, 0.3) is 0 Å². The Morgan fingerprint density at radius 1 is 1.08 bits per heavy atom. The number of carbonyl (C=O) groups excluding carboxylic acids is 1. The lowest BCUT2D eigenvalue weighted by Crippen LogP contribution is -2.50. The van der Waals surface area contributed by atoms with Crippen LogP contribution in [0.5, 0.6) is 5.75 Å². The Labute approximate surface area is 232 Å². The minimum absolute atomic E-state index is 0.0907. The Morgan fingerprint density at radius 2 is 1.82 bits per heavy atom. The van der Waals surface area contributed by atoms with E-state index in [1.165, 1.54) is 0 Å². The maximum atomic E-state index is 13.5. The summed E-state index contributed by atoms with van der Waals surface area (Å²) < 4.78 is 7.27. The van der Waals surface area contributed by atoms with Gasteiger partial charge in [0.2, 0.25) is 0 Å². The van der Waals surface area contributed by atoms with E-state index in [1.807, 2.05) is 28.9 Å². The van der Waals surface area contributed by atoms with Crippen molar-refractivity contribution in [2.75, 3.05) is 7.11 Å². The van der Waals surface area contributed by atoms with Crippen molar-refractivity contribution in [3.8, 4) is 16.9 Å². The lowest BCUT2D eigenvalue weighted by Gasteiger charge is -2.56. The van der Waals surface area contributed by atoms with E-state index in [-0.39, 0.29) is 23.2 Å². The highest BCUT2D eigenvalue weighted by Crippen LogP contribution is 2.62. The van der Waals surface area contributed by atoms with Crippen LogP contribution >= 0.6 is 11.6 Å². The topological polar surface area (TPSA) is 81.4 Å². The molecule has 0 saturated heterocycles. The van der Waals surface area contributed by atoms with Crippen LogP contribution in [-0.2, 0) is 4.79 Å². The third-order valence-electron chi connectivity index (χ3n) is 8.79. The van der Waals surface area contributed by atoms with Crippen LogP contribution < -0.4 is 4.74 Å². The quantitative estimate of drug-likeness (QED) is 0.234. The molecule has 4 aromatic rings. The Hall–Kier alpha value is -3.64. The van der Waals surface area contributed by atoms with Gasteiger partial charge in [0, 0.05) is 17.4 Å². The first-order valence-corrected chi connectivity index (χ1v) is 13.8. The van der Waals surface area contributed by atoms with Crippen molar-refractivity contribution in [3.63, 3.8) is 0 Å². The number of ketones is 1. The van der Waals surface area contributed by atoms with E-state index < -0.39 is 5.97 Å². The third kappa shape index (κ3) is 4.61. The van der Waals surface area contributed by atoms with Crippen LogP contribution in [-0.4, -0.2) is 33.7 Å². The van der Waals surface area contributed by atoms with Gasteiger partial charge in [-0.05, 0) is 84.9 Å².